The number of carbonyl (C=O) groups excluding carboxylic acids is 3. The van der Waals surface area contributed by atoms with E-state index in [0.717, 1.165) is 42.7 Å². The van der Waals surface area contributed by atoms with Gasteiger partial charge in [0.05, 0.1) is 37.1 Å². The normalized spacial score (nSPS) is 18.8. The molecule has 2 aromatic rings. The molecule has 0 bridgehead atoms. The van der Waals surface area contributed by atoms with Crippen molar-refractivity contribution in [1.29, 1.82) is 0 Å². The third kappa shape index (κ3) is 7.40. The van der Waals surface area contributed by atoms with Gasteiger partial charge in [-0.2, -0.15) is 0 Å². The number of carboxylic acid groups (broad SMARTS) is 1. The molecule has 3 heterocycles. The Kier molecular flexibility index (Phi) is 9.96. The van der Waals surface area contributed by atoms with Crippen molar-refractivity contribution in [2.45, 2.75) is 44.6 Å². The maximum absolute atomic E-state index is 13.3. The summed E-state index contributed by atoms with van der Waals surface area (Å²) in [5.41, 5.74) is 1.69. The number of amides is 4. The molecule has 1 aromatic heterocycles. The molecule has 0 radical (unpaired) electrons. The minimum atomic E-state index is -1.00. The van der Waals surface area contributed by atoms with Gasteiger partial charge in [0.1, 0.15) is 0 Å². The number of morpholine rings is 1. The Bertz CT molecular complexity index is 1250. The first-order valence-electron chi connectivity index (χ1n) is 14.8. The molecule has 1 aromatic carbocycles. The van der Waals surface area contributed by atoms with Crippen molar-refractivity contribution in [3.63, 3.8) is 0 Å². The zero-order valence-corrected chi connectivity index (χ0v) is 24.6. The number of carbonyl (C=O) groups is 4. The van der Waals surface area contributed by atoms with E-state index < -0.39 is 17.9 Å². The van der Waals surface area contributed by atoms with Gasteiger partial charge in [-0.15, -0.1) is 11.3 Å². The SMILES string of the molecule is O=C(O)CC(NC(=O)c1ccc(N2CCN(C(=O)N3CCOCC3)CC2)c(NC(=O)C2CCCCC2)c1)c1cccs1. The average molecular weight is 598 g/mol. The second-order valence-electron chi connectivity index (χ2n) is 11.1. The fourth-order valence-corrected chi connectivity index (χ4v) is 6.65. The number of rotatable bonds is 8. The molecule has 226 valence electrons. The molecule has 12 heteroatoms. The molecular formula is C30H39N5O6S. The molecule has 5 rings (SSSR count). The topological polar surface area (TPSA) is 132 Å². The number of piperazine rings is 1. The molecule has 3 aliphatic rings. The molecule has 1 saturated carbocycles. The van der Waals surface area contributed by atoms with Crippen LogP contribution in [0.5, 0.6) is 0 Å². The minimum absolute atomic E-state index is 0.0254. The monoisotopic (exact) mass is 597 g/mol. The maximum Gasteiger partial charge on any atom is 0.320 e. The van der Waals surface area contributed by atoms with Gasteiger partial charge in [0, 0.05) is 55.6 Å². The van der Waals surface area contributed by atoms with Gasteiger partial charge in [-0.3, -0.25) is 14.4 Å². The number of benzene rings is 1. The highest BCUT2D eigenvalue weighted by Crippen LogP contribution is 2.32. The lowest BCUT2D eigenvalue weighted by Crippen LogP contribution is -2.55. The molecule has 42 heavy (non-hydrogen) atoms. The van der Waals surface area contributed by atoms with Crippen LogP contribution in [0.1, 0.15) is 59.8 Å². The van der Waals surface area contributed by atoms with Gasteiger partial charge in [-0.1, -0.05) is 25.3 Å². The quantitative estimate of drug-likeness (QED) is 0.422. The zero-order valence-electron chi connectivity index (χ0n) is 23.8. The zero-order chi connectivity index (χ0) is 29.5. The predicted octanol–water partition coefficient (Wildman–Crippen LogP) is 3.79. The van der Waals surface area contributed by atoms with E-state index >= 15 is 0 Å². The molecule has 1 aliphatic carbocycles. The van der Waals surface area contributed by atoms with Crippen LogP contribution in [-0.2, 0) is 14.3 Å². The van der Waals surface area contributed by atoms with Gasteiger partial charge in [0.25, 0.3) is 5.91 Å². The van der Waals surface area contributed by atoms with E-state index in [9.17, 15) is 24.3 Å². The summed E-state index contributed by atoms with van der Waals surface area (Å²) >= 11 is 1.39. The molecule has 2 aliphatic heterocycles. The Balaban J connectivity index is 1.33. The molecule has 11 nitrogen and oxygen atoms in total. The van der Waals surface area contributed by atoms with Crippen LogP contribution >= 0.6 is 11.3 Å². The molecule has 1 atom stereocenters. The minimum Gasteiger partial charge on any atom is -0.481 e. The van der Waals surface area contributed by atoms with E-state index in [1.165, 1.54) is 11.3 Å². The molecule has 0 spiro atoms. The van der Waals surface area contributed by atoms with Crippen molar-refractivity contribution in [1.82, 2.24) is 15.1 Å². The third-order valence-electron chi connectivity index (χ3n) is 8.24. The van der Waals surface area contributed by atoms with E-state index in [1.54, 1.807) is 18.2 Å². The first-order valence-corrected chi connectivity index (χ1v) is 15.6. The number of hydrogen-bond acceptors (Lipinski definition) is 7. The van der Waals surface area contributed by atoms with Crippen LogP contribution in [0.15, 0.2) is 35.7 Å². The van der Waals surface area contributed by atoms with Crippen molar-refractivity contribution >= 4 is 46.5 Å². The van der Waals surface area contributed by atoms with Crippen LogP contribution in [0.3, 0.4) is 0 Å². The fraction of sp³-hybridized carbons (Fsp3) is 0.533. The van der Waals surface area contributed by atoms with E-state index in [0.29, 0.717) is 63.7 Å². The van der Waals surface area contributed by atoms with Gasteiger partial charge >= 0.3 is 12.0 Å². The van der Waals surface area contributed by atoms with Gasteiger partial charge in [-0.25, -0.2) is 4.79 Å². The fourth-order valence-electron chi connectivity index (χ4n) is 5.87. The molecule has 3 N–H and O–H groups in total. The summed E-state index contributed by atoms with van der Waals surface area (Å²) in [5.74, 6) is -1.52. The van der Waals surface area contributed by atoms with Crippen LogP contribution in [0.4, 0.5) is 16.2 Å². The largest absolute Gasteiger partial charge is 0.481 e. The van der Waals surface area contributed by atoms with Gasteiger partial charge in [0.2, 0.25) is 5.91 Å². The summed E-state index contributed by atoms with van der Waals surface area (Å²) in [6.45, 7) is 4.58. The summed E-state index contributed by atoms with van der Waals surface area (Å²) in [4.78, 5) is 57.7. The van der Waals surface area contributed by atoms with Crippen LogP contribution in [0.25, 0.3) is 0 Å². The van der Waals surface area contributed by atoms with Gasteiger partial charge < -0.3 is 35.2 Å². The van der Waals surface area contributed by atoms with Crippen LogP contribution < -0.4 is 15.5 Å². The number of ether oxygens (including phenoxy) is 1. The number of thiophene rings is 1. The number of carboxylic acids is 1. The van der Waals surface area contributed by atoms with Crippen molar-refractivity contribution in [2.24, 2.45) is 5.92 Å². The summed E-state index contributed by atoms with van der Waals surface area (Å²) < 4.78 is 5.37. The summed E-state index contributed by atoms with van der Waals surface area (Å²) in [6, 6.07) is 8.22. The highest BCUT2D eigenvalue weighted by molar-refractivity contribution is 7.10. The Hall–Kier alpha value is -3.64. The Morgan fingerprint density at radius 3 is 2.33 bits per heavy atom. The molecule has 3 fully saturated rings. The van der Waals surface area contributed by atoms with Gasteiger partial charge in [0.15, 0.2) is 0 Å². The number of nitrogens with zero attached hydrogens (tertiary/aromatic N) is 3. The van der Waals surface area contributed by atoms with Crippen molar-refractivity contribution in [3.8, 4) is 0 Å². The summed E-state index contributed by atoms with van der Waals surface area (Å²) in [6.07, 6.45) is 4.66. The van der Waals surface area contributed by atoms with Crippen molar-refractivity contribution < 1.29 is 29.0 Å². The summed E-state index contributed by atoms with van der Waals surface area (Å²) in [7, 11) is 0. The van der Waals surface area contributed by atoms with Crippen LogP contribution in [0, 0.1) is 5.92 Å². The Morgan fingerprint density at radius 2 is 1.67 bits per heavy atom. The number of aliphatic carboxylic acids is 1. The second-order valence-corrected chi connectivity index (χ2v) is 12.0. The third-order valence-corrected chi connectivity index (χ3v) is 9.22. The van der Waals surface area contributed by atoms with Crippen molar-refractivity contribution in [3.05, 3.63) is 46.2 Å². The number of hydrogen-bond donors (Lipinski definition) is 3. The predicted molar refractivity (Wildman–Crippen MR) is 160 cm³/mol. The van der Waals surface area contributed by atoms with E-state index in [-0.39, 0.29) is 24.3 Å². The highest BCUT2D eigenvalue weighted by Gasteiger charge is 2.29. The summed E-state index contributed by atoms with van der Waals surface area (Å²) in [5, 5.41) is 17.2. The first-order chi connectivity index (χ1) is 20.4. The number of nitrogens with one attached hydrogen (secondary N) is 2. The lowest BCUT2D eigenvalue weighted by atomic mass is 9.88. The van der Waals surface area contributed by atoms with Crippen LogP contribution in [0.2, 0.25) is 0 Å². The number of anilines is 2. The second kappa shape index (κ2) is 14.0. The smallest absolute Gasteiger partial charge is 0.320 e. The van der Waals surface area contributed by atoms with Crippen LogP contribution in [-0.4, -0.2) is 91.2 Å². The average Bonchev–Trinajstić information content (AvgIpc) is 3.56. The molecular weight excluding hydrogens is 558 g/mol. The van der Waals surface area contributed by atoms with E-state index in [1.807, 2.05) is 27.3 Å². The maximum atomic E-state index is 13.3. The van der Waals surface area contributed by atoms with Crippen molar-refractivity contribution in [2.75, 3.05) is 62.7 Å². The molecule has 1 unspecified atom stereocenters. The lowest BCUT2D eigenvalue weighted by molar-refractivity contribution is -0.137. The molecule has 4 amide bonds. The standard InChI is InChI=1S/C30H39N5O6S/c36-27(37)20-24(26-7-4-18-42-26)32-29(39)22-8-9-25(23(19-22)31-28(38)21-5-2-1-3-6-21)33-10-12-34(13-11-33)30(40)35-14-16-41-17-15-35/h4,7-9,18-19,21,24H,1-3,5-6,10-17,20H2,(H,31,38)(H,32,39)(H,36,37). The lowest BCUT2D eigenvalue weighted by Gasteiger charge is -2.40. The Morgan fingerprint density at radius 1 is 0.952 bits per heavy atom. The molecule has 2 saturated heterocycles. The first kappa shape index (κ1) is 29.8. The Labute approximate surface area is 249 Å². The van der Waals surface area contributed by atoms with E-state index in [4.69, 9.17) is 4.74 Å². The highest BCUT2D eigenvalue weighted by atomic mass is 32.1. The van der Waals surface area contributed by atoms with E-state index in [2.05, 4.69) is 15.5 Å². The number of urea groups is 1. The van der Waals surface area contributed by atoms with Gasteiger partial charge in [-0.05, 0) is 42.5 Å².